The Labute approximate surface area is 117 Å². The molecule has 0 aromatic heterocycles. The summed E-state index contributed by atoms with van der Waals surface area (Å²) in [5, 5.41) is 3.54. The highest BCUT2D eigenvalue weighted by Gasteiger charge is 2.17. The highest BCUT2D eigenvalue weighted by Crippen LogP contribution is 2.10. The van der Waals surface area contributed by atoms with Crippen molar-refractivity contribution in [1.82, 2.24) is 10.2 Å². The van der Waals surface area contributed by atoms with Gasteiger partial charge in [-0.3, -0.25) is 9.69 Å². The summed E-state index contributed by atoms with van der Waals surface area (Å²) in [7, 11) is 1.44. The van der Waals surface area contributed by atoms with E-state index >= 15 is 0 Å². The second-order valence-corrected chi connectivity index (χ2v) is 5.49. The van der Waals surface area contributed by atoms with Crippen LogP contribution in [0.1, 0.15) is 39.5 Å². The number of piperidine rings is 1. The summed E-state index contributed by atoms with van der Waals surface area (Å²) in [5.41, 5.74) is 1.39. The number of rotatable bonds is 7. The number of nitrogens with one attached hydrogen (secondary N) is 1. The SMILES string of the molecule is COC(=O)CCCNC1CCN(CC=C(C)C)CC1. The summed E-state index contributed by atoms with van der Waals surface area (Å²) in [5.74, 6) is -0.113. The average Bonchev–Trinajstić information content (AvgIpc) is 2.42. The van der Waals surface area contributed by atoms with Crippen LogP contribution in [0.3, 0.4) is 0 Å². The zero-order valence-electron chi connectivity index (χ0n) is 12.6. The van der Waals surface area contributed by atoms with Gasteiger partial charge in [0.2, 0.25) is 0 Å². The minimum absolute atomic E-state index is 0.113. The first-order valence-corrected chi connectivity index (χ1v) is 7.27. The van der Waals surface area contributed by atoms with Crippen molar-refractivity contribution in [3.05, 3.63) is 11.6 Å². The zero-order valence-corrected chi connectivity index (χ0v) is 12.6. The number of nitrogens with zero attached hydrogens (tertiary/aromatic N) is 1. The Kier molecular flexibility index (Phi) is 7.75. The molecule has 4 heteroatoms. The number of methoxy groups -OCH3 is 1. The molecule has 0 saturated carbocycles. The molecule has 0 bridgehead atoms. The molecule has 1 fully saturated rings. The molecule has 4 nitrogen and oxygen atoms in total. The second kappa shape index (κ2) is 9.10. The zero-order chi connectivity index (χ0) is 14.1. The Hall–Kier alpha value is -0.870. The van der Waals surface area contributed by atoms with Crippen molar-refractivity contribution >= 4 is 5.97 Å². The topological polar surface area (TPSA) is 41.6 Å². The number of hydrogen-bond donors (Lipinski definition) is 1. The molecule has 0 radical (unpaired) electrons. The quantitative estimate of drug-likeness (QED) is 0.435. The molecule has 19 heavy (non-hydrogen) atoms. The number of allylic oxidation sites excluding steroid dienone is 1. The number of carbonyl (C=O) groups is 1. The molecule has 1 saturated heterocycles. The molecular weight excluding hydrogens is 240 g/mol. The summed E-state index contributed by atoms with van der Waals surface area (Å²) >= 11 is 0. The Bertz CT molecular complexity index is 291. The van der Waals surface area contributed by atoms with Gasteiger partial charge in [-0.2, -0.15) is 0 Å². The van der Waals surface area contributed by atoms with Crippen LogP contribution in [0.4, 0.5) is 0 Å². The van der Waals surface area contributed by atoms with Crippen molar-refractivity contribution in [3.8, 4) is 0 Å². The monoisotopic (exact) mass is 268 g/mol. The Morgan fingerprint density at radius 3 is 2.63 bits per heavy atom. The molecule has 0 atom stereocenters. The highest BCUT2D eigenvalue weighted by atomic mass is 16.5. The van der Waals surface area contributed by atoms with E-state index in [1.165, 1.54) is 38.6 Å². The number of ether oxygens (including phenoxy) is 1. The van der Waals surface area contributed by atoms with Gasteiger partial charge in [0.25, 0.3) is 0 Å². The van der Waals surface area contributed by atoms with Crippen molar-refractivity contribution in [1.29, 1.82) is 0 Å². The van der Waals surface area contributed by atoms with Gasteiger partial charge < -0.3 is 10.1 Å². The van der Waals surface area contributed by atoms with E-state index in [2.05, 4.69) is 34.9 Å². The summed E-state index contributed by atoms with van der Waals surface area (Å²) in [6.45, 7) is 8.62. The van der Waals surface area contributed by atoms with E-state index in [9.17, 15) is 4.79 Å². The molecule has 1 heterocycles. The molecule has 1 aliphatic rings. The van der Waals surface area contributed by atoms with Crippen molar-refractivity contribution in [3.63, 3.8) is 0 Å². The van der Waals surface area contributed by atoms with E-state index in [1.54, 1.807) is 0 Å². The van der Waals surface area contributed by atoms with E-state index < -0.39 is 0 Å². The van der Waals surface area contributed by atoms with Gasteiger partial charge in [0.15, 0.2) is 0 Å². The molecule has 1 N–H and O–H groups in total. The standard InChI is InChI=1S/C15H28N2O2/c1-13(2)6-10-17-11-7-14(8-12-17)16-9-4-5-15(18)19-3/h6,14,16H,4-5,7-12H2,1-3H3. The predicted molar refractivity (Wildman–Crippen MR) is 78.1 cm³/mol. The lowest BCUT2D eigenvalue weighted by Gasteiger charge is -2.31. The Balaban J connectivity index is 2.07. The fourth-order valence-corrected chi connectivity index (χ4v) is 2.27. The third-order valence-electron chi connectivity index (χ3n) is 3.56. The molecule has 0 amide bonds. The molecule has 0 aliphatic carbocycles. The number of likely N-dealkylation sites (tertiary alicyclic amines) is 1. The number of carbonyl (C=O) groups excluding carboxylic acids is 1. The molecule has 0 spiro atoms. The maximum Gasteiger partial charge on any atom is 0.305 e. The van der Waals surface area contributed by atoms with Crippen molar-refractivity contribution in [2.45, 2.75) is 45.6 Å². The fraction of sp³-hybridized carbons (Fsp3) is 0.800. The van der Waals surface area contributed by atoms with Crippen LogP contribution in [-0.2, 0) is 9.53 Å². The number of esters is 1. The van der Waals surface area contributed by atoms with Crippen LogP contribution in [0.2, 0.25) is 0 Å². The van der Waals surface area contributed by atoms with E-state index in [4.69, 9.17) is 0 Å². The third kappa shape index (κ3) is 7.33. The van der Waals surface area contributed by atoms with Crippen LogP contribution in [0.5, 0.6) is 0 Å². The highest BCUT2D eigenvalue weighted by molar-refractivity contribution is 5.69. The fourth-order valence-electron chi connectivity index (χ4n) is 2.27. The lowest BCUT2D eigenvalue weighted by Crippen LogP contribution is -2.42. The van der Waals surface area contributed by atoms with Gasteiger partial charge in [-0.05, 0) is 52.7 Å². The molecule has 0 aromatic carbocycles. The van der Waals surface area contributed by atoms with Crippen LogP contribution in [-0.4, -0.2) is 50.2 Å². The predicted octanol–water partition coefficient (Wildman–Crippen LogP) is 1.96. The third-order valence-corrected chi connectivity index (χ3v) is 3.56. The first-order chi connectivity index (χ1) is 9.11. The smallest absolute Gasteiger partial charge is 0.305 e. The Morgan fingerprint density at radius 2 is 2.05 bits per heavy atom. The normalized spacial score (nSPS) is 17.2. The van der Waals surface area contributed by atoms with Gasteiger partial charge in [-0.15, -0.1) is 0 Å². The van der Waals surface area contributed by atoms with Gasteiger partial charge in [0, 0.05) is 19.0 Å². The van der Waals surface area contributed by atoms with E-state index in [0.717, 1.165) is 19.5 Å². The van der Waals surface area contributed by atoms with Gasteiger partial charge in [-0.25, -0.2) is 0 Å². The van der Waals surface area contributed by atoms with Crippen molar-refractivity contribution in [2.75, 3.05) is 33.3 Å². The lowest BCUT2D eigenvalue weighted by atomic mass is 10.0. The largest absolute Gasteiger partial charge is 0.469 e. The maximum atomic E-state index is 11.0. The van der Waals surface area contributed by atoms with Gasteiger partial charge in [0.05, 0.1) is 7.11 Å². The van der Waals surface area contributed by atoms with E-state index in [1.807, 2.05) is 0 Å². The van der Waals surface area contributed by atoms with Crippen LogP contribution >= 0.6 is 0 Å². The molecule has 110 valence electrons. The minimum atomic E-state index is -0.113. The van der Waals surface area contributed by atoms with Crippen LogP contribution in [0.15, 0.2) is 11.6 Å². The van der Waals surface area contributed by atoms with Gasteiger partial charge >= 0.3 is 5.97 Å². The second-order valence-electron chi connectivity index (χ2n) is 5.49. The first kappa shape index (κ1) is 16.2. The minimum Gasteiger partial charge on any atom is -0.469 e. The summed E-state index contributed by atoms with van der Waals surface area (Å²) in [6.07, 6.45) is 6.08. The van der Waals surface area contributed by atoms with Gasteiger partial charge in [-0.1, -0.05) is 11.6 Å². The van der Waals surface area contributed by atoms with Crippen LogP contribution in [0.25, 0.3) is 0 Å². The first-order valence-electron chi connectivity index (χ1n) is 7.27. The maximum absolute atomic E-state index is 11.0. The molecule has 0 unspecified atom stereocenters. The number of hydrogen-bond acceptors (Lipinski definition) is 4. The van der Waals surface area contributed by atoms with Crippen LogP contribution < -0.4 is 5.32 Å². The van der Waals surface area contributed by atoms with Crippen LogP contribution in [0, 0.1) is 0 Å². The van der Waals surface area contributed by atoms with E-state index in [0.29, 0.717) is 12.5 Å². The average molecular weight is 268 g/mol. The van der Waals surface area contributed by atoms with Crippen molar-refractivity contribution in [2.24, 2.45) is 0 Å². The molecular formula is C15H28N2O2. The molecule has 0 aromatic rings. The molecule has 1 aliphatic heterocycles. The van der Waals surface area contributed by atoms with E-state index in [-0.39, 0.29) is 5.97 Å². The van der Waals surface area contributed by atoms with Crippen molar-refractivity contribution < 1.29 is 9.53 Å². The Morgan fingerprint density at radius 1 is 1.37 bits per heavy atom. The summed E-state index contributed by atoms with van der Waals surface area (Å²) in [6, 6.07) is 0.612. The molecule has 1 rings (SSSR count). The summed E-state index contributed by atoms with van der Waals surface area (Å²) < 4.78 is 4.62. The van der Waals surface area contributed by atoms with Gasteiger partial charge in [0.1, 0.15) is 0 Å². The summed E-state index contributed by atoms with van der Waals surface area (Å²) in [4.78, 5) is 13.5. The lowest BCUT2D eigenvalue weighted by molar-refractivity contribution is -0.140.